The van der Waals surface area contributed by atoms with Gasteiger partial charge in [-0.3, -0.25) is 0 Å². The summed E-state index contributed by atoms with van der Waals surface area (Å²) in [5, 5.41) is 0. The average Bonchev–Trinajstić information content (AvgIpc) is 2.74. The molecule has 0 aliphatic carbocycles. The molecule has 78 valence electrons. The second-order valence-corrected chi connectivity index (χ2v) is 3.56. The van der Waals surface area contributed by atoms with Gasteiger partial charge in [-0.15, -0.1) is 0 Å². The van der Waals surface area contributed by atoms with E-state index in [0.29, 0.717) is 5.65 Å². The molecule has 0 saturated carbocycles. The quantitative estimate of drug-likeness (QED) is 0.648. The van der Waals surface area contributed by atoms with E-state index in [4.69, 9.17) is 0 Å². The maximum absolute atomic E-state index is 4.28. The largest absolute Gasteiger partial charge is 0.309 e. The SMILES string of the molecule is c1ccc(Cn2cnc3nccnc32)cc1. The highest BCUT2D eigenvalue weighted by atomic mass is 15.1. The highest BCUT2D eigenvalue weighted by Gasteiger charge is 2.03. The first-order chi connectivity index (χ1) is 7.93. The smallest absolute Gasteiger partial charge is 0.197 e. The minimum atomic E-state index is 0.693. The number of benzene rings is 1. The van der Waals surface area contributed by atoms with E-state index in [0.717, 1.165) is 12.2 Å². The van der Waals surface area contributed by atoms with Crippen LogP contribution in [0.4, 0.5) is 0 Å². The van der Waals surface area contributed by atoms with Crippen molar-refractivity contribution in [1.29, 1.82) is 0 Å². The van der Waals surface area contributed by atoms with Crippen LogP contribution < -0.4 is 0 Å². The van der Waals surface area contributed by atoms with E-state index < -0.39 is 0 Å². The first-order valence-electron chi connectivity index (χ1n) is 5.09. The lowest BCUT2D eigenvalue weighted by atomic mass is 10.2. The predicted molar refractivity (Wildman–Crippen MR) is 60.9 cm³/mol. The maximum atomic E-state index is 4.28. The molecule has 0 aliphatic heterocycles. The average molecular weight is 210 g/mol. The Morgan fingerprint density at radius 1 is 0.938 bits per heavy atom. The second kappa shape index (κ2) is 3.73. The van der Waals surface area contributed by atoms with Gasteiger partial charge in [-0.1, -0.05) is 30.3 Å². The van der Waals surface area contributed by atoms with Gasteiger partial charge in [0.2, 0.25) is 0 Å². The minimum Gasteiger partial charge on any atom is -0.309 e. The fraction of sp³-hybridized carbons (Fsp3) is 0.0833. The molecule has 3 rings (SSSR count). The summed E-state index contributed by atoms with van der Waals surface area (Å²) in [5.41, 5.74) is 2.75. The van der Waals surface area contributed by atoms with Gasteiger partial charge in [-0.2, -0.15) is 0 Å². The van der Waals surface area contributed by atoms with E-state index in [2.05, 4.69) is 27.1 Å². The molecule has 0 N–H and O–H groups in total. The summed E-state index contributed by atoms with van der Waals surface area (Å²) >= 11 is 0. The lowest BCUT2D eigenvalue weighted by Crippen LogP contribution is -1.98. The van der Waals surface area contributed by atoms with Gasteiger partial charge < -0.3 is 4.57 Å². The van der Waals surface area contributed by atoms with Crippen LogP contribution in [0.25, 0.3) is 11.3 Å². The lowest BCUT2D eigenvalue weighted by molar-refractivity contribution is 0.814. The Morgan fingerprint density at radius 2 is 1.75 bits per heavy atom. The molecule has 4 nitrogen and oxygen atoms in total. The summed E-state index contributed by atoms with van der Waals surface area (Å²) in [5.74, 6) is 0. The van der Waals surface area contributed by atoms with Crippen LogP contribution in [-0.2, 0) is 6.54 Å². The van der Waals surface area contributed by atoms with Gasteiger partial charge in [0.25, 0.3) is 0 Å². The Bertz CT molecular complexity index is 600. The number of hydrogen-bond acceptors (Lipinski definition) is 3. The Balaban J connectivity index is 2.01. The highest BCUT2D eigenvalue weighted by Crippen LogP contribution is 2.09. The number of nitrogens with zero attached hydrogens (tertiary/aromatic N) is 4. The van der Waals surface area contributed by atoms with Crippen molar-refractivity contribution in [2.45, 2.75) is 6.54 Å². The zero-order valence-electron chi connectivity index (χ0n) is 8.61. The van der Waals surface area contributed by atoms with Crippen molar-refractivity contribution in [3.8, 4) is 0 Å². The van der Waals surface area contributed by atoms with E-state index in [9.17, 15) is 0 Å². The van der Waals surface area contributed by atoms with E-state index in [-0.39, 0.29) is 0 Å². The van der Waals surface area contributed by atoms with Crippen molar-refractivity contribution in [1.82, 2.24) is 19.5 Å². The summed E-state index contributed by atoms with van der Waals surface area (Å²) in [7, 11) is 0. The topological polar surface area (TPSA) is 43.6 Å². The van der Waals surface area contributed by atoms with Crippen molar-refractivity contribution in [3.63, 3.8) is 0 Å². The Labute approximate surface area is 92.6 Å². The summed E-state index contributed by atoms with van der Waals surface area (Å²) in [4.78, 5) is 12.6. The van der Waals surface area contributed by atoms with Crippen molar-refractivity contribution in [3.05, 3.63) is 54.6 Å². The molecule has 0 spiro atoms. The van der Waals surface area contributed by atoms with Gasteiger partial charge in [-0.05, 0) is 5.56 Å². The van der Waals surface area contributed by atoms with E-state index in [1.807, 2.05) is 22.8 Å². The fourth-order valence-corrected chi connectivity index (χ4v) is 1.69. The molecule has 0 aliphatic rings. The maximum Gasteiger partial charge on any atom is 0.197 e. The van der Waals surface area contributed by atoms with Crippen molar-refractivity contribution in [2.24, 2.45) is 0 Å². The summed E-state index contributed by atoms with van der Waals surface area (Å²) < 4.78 is 2.00. The molecule has 0 radical (unpaired) electrons. The molecule has 0 fully saturated rings. The summed E-state index contributed by atoms with van der Waals surface area (Å²) in [6.45, 7) is 0.774. The van der Waals surface area contributed by atoms with Crippen LogP contribution in [-0.4, -0.2) is 19.5 Å². The van der Waals surface area contributed by atoms with Crippen LogP contribution in [0.5, 0.6) is 0 Å². The van der Waals surface area contributed by atoms with Crippen molar-refractivity contribution < 1.29 is 0 Å². The molecule has 0 amide bonds. The molecule has 16 heavy (non-hydrogen) atoms. The summed E-state index contributed by atoms with van der Waals surface area (Å²) in [6, 6.07) is 10.2. The molecule has 4 heteroatoms. The van der Waals surface area contributed by atoms with Crippen molar-refractivity contribution in [2.75, 3.05) is 0 Å². The molecule has 0 saturated heterocycles. The number of aromatic nitrogens is 4. The minimum absolute atomic E-state index is 0.693. The van der Waals surface area contributed by atoms with Crippen LogP contribution in [0.2, 0.25) is 0 Å². The van der Waals surface area contributed by atoms with E-state index in [1.54, 1.807) is 18.7 Å². The summed E-state index contributed by atoms with van der Waals surface area (Å²) in [6.07, 6.45) is 5.12. The molecule has 0 unspecified atom stereocenters. The fourth-order valence-electron chi connectivity index (χ4n) is 1.69. The van der Waals surface area contributed by atoms with Crippen LogP contribution in [0.3, 0.4) is 0 Å². The lowest BCUT2D eigenvalue weighted by Gasteiger charge is -2.02. The van der Waals surface area contributed by atoms with Crippen LogP contribution >= 0.6 is 0 Å². The van der Waals surface area contributed by atoms with Gasteiger partial charge in [0.1, 0.15) is 0 Å². The number of fused-ring (bicyclic) bond motifs is 1. The first-order valence-corrected chi connectivity index (χ1v) is 5.09. The second-order valence-electron chi connectivity index (χ2n) is 3.56. The molecule has 2 aromatic heterocycles. The first kappa shape index (κ1) is 9.03. The van der Waals surface area contributed by atoms with Gasteiger partial charge in [0.05, 0.1) is 12.9 Å². The molecular weight excluding hydrogens is 200 g/mol. The number of imidazole rings is 1. The van der Waals surface area contributed by atoms with E-state index >= 15 is 0 Å². The van der Waals surface area contributed by atoms with Crippen molar-refractivity contribution >= 4 is 11.3 Å². The monoisotopic (exact) mass is 210 g/mol. The van der Waals surface area contributed by atoms with Gasteiger partial charge >= 0.3 is 0 Å². The highest BCUT2D eigenvalue weighted by molar-refractivity contribution is 5.64. The Morgan fingerprint density at radius 3 is 2.62 bits per heavy atom. The van der Waals surface area contributed by atoms with Gasteiger partial charge in [0, 0.05) is 12.4 Å². The zero-order chi connectivity index (χ0) is 10.8. The van der Waals surface area contributed by atoms with Crippen LogP contribution in [0.15, 0.2) is 49.1 Å². The molecule has 2 heterocycles. The Kier molecular flexibility index (Phi) is 2.11. The molecule has 1 aromatic carbocycles. The van der Waals surface area contributed by atoms with E-state index in [1.165, 1.54) is 5.56 Å². The third-order valence-electron chi connectivity index (χ3n) is 2.45. The normalized spacial score (nSPS) is 10.8. The Hall–Kier alpha value is -2.23. The van der Waals surface area contributed by atoms with Crippen LogP contribution in [0.1, 0.15) is 5.56 Å². The molecule has 0 bridgehead atoms. The zero-order valence-corrected chi connectivity index (χ0v) is 8.61. The standard InChI is InChI=1S/C12H10N4/c1-2-4-10(5-3-1)8-16-9-15-11-12(16)14-7-6-13-11/h1-7,9H,8H2. The third kappa shape index (κ3) is 1.54. The third-order valence-corrected chi connectivity index (χ3v) is 2.45. The van der Waals surface area contributed by atoms with Crippen LogP contribution in [0, 0.1) is 0 Å². The molecule has 0 atom stereocenters. The van der Waals surface area contributed by atoms with Gasteiger partial charge in [0.15, 0.2) is 11.3 Å². The molecular formula is C12H10N4. The molecule has 3 aromatic rings. The number of rotatable bonds is 2. The van der Waals surface area contributed by atoms with Gasteiger partial charge in [-0.25, -0.2) is 15.0 Å². The predicted octanol–water partition coefficient (Wildman–Crippen LogP) is 1.87. The number of hydrogen-bond donors (Lipinski definition) is 0.